The summed E-state index contributed by atoms with van der Waals surface area (Å²) in [5.41, 5.74) is 8.08. The Bertz CT molecular complexity index is 877. The number of aromatic nitrogens is 3. The maximum absolute atomic E-state index is 12.2. The van der Waals surface area contributed by atoms with Crippen molar-refractivity contribution in [3.63, 3.8) is 0 Å². The molecule has 0 unspecified atom stereocenters. The minimum atomic E-state index is 0.0143. The summed E-state index contributed by atoms with van der Waals surface area (Å²) >= 11 is 7.18. The topological polar surface area (TPSA) is 73.8 Å². The lowest BCUT2D eigenvalue weighted by atomic mass is 10.1. The molecule has 0 atom stereocenters. The predicted molar refractivity (Wildman–Crippen MR) is 97.4 cm³/mol. The van der Waals surface area contributed by atoms with Crippen molar-refractivity contribution in [2.24, 2.45) is 7.05 Å². The summed E-state index contributed by atoms with van der Waals surface area (Å²) < 4.78 is 1.84. The maximum Gasteiger partial charge on any atom is 0.191 e. The van der Waals surface area contributed by atoms with Gasteiger partial charge in [0.05, 0.1) is 5.75 Å². The van der Waals surface area contributed by atoms with Crippen LogP contribution >= 0.6 is 23.4 Å². The number of hydrogen-bond acceptors (Lipinski definition) is 5. The van der Waals surface area contributed by atoms with E-state index in [2.05, 4.69) is 10.2 Å². The van der Waals surface area contributed by atoms with Gasteiger partial charge in [0.1, 0.15) is 0 Å². The molecule has 3 rings (SSSR count). The van der Waals surface area contributed by atoms with Crippen LogP contribution in [0.15, 0.2) is 53.7 Å². The van der Waals surface area contributed by atoms with Gasteiger partial charge >= 0.3 is 0 Å². The molecule has 5 nitrogen and oxygen atoms in total. The molecule has 0 aliphatic heterocycles. The van der Waals surface area contributed by atoms with Crippen LogP contribution in [0.3, 0.4) is 0 Å². The average molecular weight is 359 g/mol. The Hall–Kier alpha value is -2.31. The van der Waals surface area contributed by atoms with Crippen LogP contribution in [0, 0.1) is 0 Å². The smallest absolute Gasteiger partial charge is 0.191 e. The Kier molecular flexibility index (Phi) is 4.87. The average Bonchev–Trinajstić information content (AvgIpc) is 2.94. The first-order valence-corrected chi connectivity index (χ1v) is 8.58. The zero-order chi connectivity index (χ0) is 17.1. The quantitative estimate of drug-likeness (QED) is 0.427. The second-order valence-electron chi connectivity index (χ2n) is 5.17. The summed E-state index contributed by atoms with van der Waals surface area (Å²) in [6, 6.07) is 14.3. The van der Waals surface area contributed by atoms with Crippen LogP contribution in [-0.4, -0.2) is 26.3 Å². The molecule has 3 aromatic rings. The van der Waals surface area contributed by atoms with Crippen molar-refractivity contribution >= 4 is 34.8 Å². The van der Waals surface area contributed by atoms with Gasteiger partial charge < -0.3 is 10.3 Å². The Morgan fingerprint density at radius 2 is 1.88 bits per heavy atom. The Balaban J connectivity index is 1.74. The van der Waals surface area contributed by atoms with Gasteiger partial charge in [-0.2, -0.15) is 0 Å². The zero-order valence-electron chi connectivity index (χ0n) is 12.9. The van der Waals surface area contributed by atoms with Gasteiger partial charge in [0.2, 0.25) is 0 Å². The van der Waals surface area contributed by atoms with E-state index in [0.29, 0.717) is 27.3 Å². The molecule has 0 saturated carbocycles. The van der Waals surface area contributed by atoms with Crippen molar-refractivity contribution in [3.8, 4) is 11.4 Å². The van der Waals surface area contributed by atoms with E-state index in [-0.39, 0.29) is 11.5 Å². The SMILES string of the molecule is Cn1c(SCC(=O)c2ccc(Cl)cc2)nnc1-c1ccccc1N. The highest BCUT2D eigenvalue weighted by atomic mass is 35.5. The fourth-order valence-corrected chi connectivity index (χ4v) is 3.16. The van der Waals surface area contributed by atoms with Crippen LogP contribution in [0.25, 0.3) is 11.4 Å². The standard InChI is InChI=1S/C17H15ClN4OS/c1-22-16(13-4-2-3-5-14(13)19)20-21-17(22)24-10-15(23)11-6-8-12(18)9-7-11/h2-9H,10,19H2,1H3. The molecule has 0 bridgehead atoms. The van der Waals surface area contributed by atoms with Gasteiger partial charge in [-0.3, -0.25) is 4.79 Å². The second kappa shape index (κ2) is 7.07. The van der Waals surface area contributed by atoms with Crippen molar-refractivity contribution in [3.05, 3.63) is 59.1 Å². The van der Waals surface area contributed by atoms with E-state index in [1.54, 1.807) is 24.3 Å². The number of rotatable bonds is 5. The molecule has 0 fully saturated rings. The van der Waals surface area contributed by atoms with E-state index in [1.165, 1.54) is 11.8 Å². The van der Waals surface area contributed by atoms with Crippen LogP contribution in [0.4, 0.5) is 5.69 Å². The molecule has 0 aliphatic rings. The third-order valence-electron chi connectivity index (χ3n) is 3.54. The molecule has 0 saturated heterocycles. The van der Waals surface area contributed by atoms with Gasteiger partial charge in [0.15, 0.2) is 16.8 Å². The summed E-state index contributed by atoms with van der Waals surface area (Å²) in [5.74, 6) is 0.965. The molecular formula is C17H15ClN4OS. The number of benzene rings is 2. The van der Waals surface area contributed by atoms with E-state index in [1.807, 2.05) is 35.9 Å². The number of hydrogen-bond donors (Lipinski definition) is 1. The van der Waals surface area contributed by atoms with Crippen molar-refractivity contribution in [1.82, 2.24) is 14.8 Å². The highest BCUT2D eigenvalue weighted by Gasteiger charge is 2.15. The van der Waals surface area contributed by atoms with E-state index < -0.39 is 0 Å². The fraction of sp³-hybridized carbons (Fsp3) is 0.118. The van der Waals surface area contributed by atoms with E-state index in [9.17, 15) is 4.79 Å². The molecule has 0 radical (unpaired) electrons. The molecular weight excluding hydrogens is 344 g/mol. The van der Waals surface area contributed by atoms with Gasteiger partial charge in [-0.15, -0.1) is 10.2 Å². The molecule has 0 aliphatic carbocycles. The zero-order valence-corrected chi connectivity index (χ0v) is 14.5. The number of ketones is 1. The highest BCUT2D eigenvalue weighted by Crippen LogP contribution is 2.27. The van der Waals surface area contributed by atoms with Gasteiger partial charge in [-0.25, -0.2) is 0 Å². The Labute approximate surface area is 148 Å². The molecule has 1 heterocycles. The van der Waals surface area contributed by atoms with Crippen LogP contribution < -0.4 is 5.73 Å². The van der Waals surface area contributed by atoms with Crippen molar-refractivity contribution in [2.75, 3.05) is 11.5 Å². The molecule has 122 valence electrons. The molecule has 7 heteroatoms. The summed E-state index contributed by atoms with van der Waals surface area (Å²) in [6.07, 6.45) is 0. The Morgan fingerprint density at radius 1 is 1.17 bits per heavy atom. The molecule has 2 aromatic carbocycles. The number of nitrogen functional groups attached to an aromatic ring is 1. The highest BCUT2D eigenvalue weighted by molar-refractivity contribution is 7.99. The Morgan fingerprint density at radius 3 is 2.58 bits per heavy atom. The lowest BCUT2D eigenvalue weighted by Crippen LogP contribution is -2.04. The normalized spacial score (nSPS) is 10.8. The fourth-order valence-electron chi connectivity index (χ4n) is 2.22. The number of thioether (sulfide) groups is 1. The minimum Gasteiger partial charge on any atom is -0.398 e. The largest absolute Gasteiger partial charge is 0.398 e. The lowest BCUT2D eigenvalue weighted by molar-refractivity contribution is 0.102. The molecule has 2 N–H and O–H groups in total. The van der Waals surface area contributed by atoms with Crippen molar-refractivity contribution < 1.29 is 4.79 Å². The minimum absolute atomic E-state index is 0.0143. The van der Waals surface area contributed by atoms with Crippen LogP contribution in [0.5, 0.6) is 0 Å². The molecule has 1 aromatic heterocycles. The third kappa shape index (κ3) is 3.44. The van der Waals surface area contributed by atoms with E-state index >= 15 is 0 Å². The number of carbonyl (C=O) groups excluding carboxylic acids is 1. The maximum atomic E-state index is 12.2. The summed E-state index contributed by atoms with van der Waals surface area (Å²) in [7, 11) is 1.86. The summed E-state index contributed by atoms with van der Waals surface area (Å²) in [5, 5.41) is 9.62. The molecule has 0 amide bonds. The van der Waals surface area contributed by atoms with Gasteiger partial charge in [0.25, 0.3) is 0 Å². The number of Topliss-reactive ketones (excluding diaryl/α,β-unsaturated/α-hetero) is 1. The number of anilines is 1. The number of nitrogens with zero attached hydrogens (tertiary/aromatic N) is 3. The molecule has 24 heavy (non-hydrogen) atoms. The number of halogens is 1. The van der Waals surface area contributed by atoms with Crippen molar-refractivity contribution in [2.45, 2.75) is 5.16 Å². The van der Waals surface area contributed by atoms with Crippen LogP contribution in [0.2, 0.25) is 5.02 Å². The van der Waals surface area contributed by atoms with Gasteiger partial charge in [-0.1, -0.05) is 35.5 Å². The lowest BCUT2D eigenvalue weighted by Gasteiger charge is -2.06. The third-order valence-corrected chi connectivity index (χ3v) is 4.81. The van der Waals surface area contributed by atoms with Crippen LogP contribution in [0.1, 0.15) is 10.4 Å². The first-order valence-electron chi connectivity index (χ1n) is 7.22. The van der Waals surface area contributed by atoms with Crippen LogP contribution in [-0.2, 0) is 7.05 Å². The van der Waals surface area contributed by atoms with E-state index in [0.717, 1.165) is 5.56 Å². The van der Waals surface area contributed by atoms with Gasteiger partial charge in [-0.05, 0) is 36.4 Å². The predicted octanol–water partition coefficient (Wildman–Crippen LogP) is 3.69. The van der Waals surface area contributed by atoms with Crippen molar-refractivity contribution in [1.29, 1.82) is 0 Å². The van der Waals surface area contributed by atoms with E-state index in [4.69, 9.17) is 17.3 Å². The number of carbonyl (C=O) groups is 1. The van der Waals surface area contributed by atoms with Gasteiger partial charge in [0, 0.05) is 28.9 Å². The number of para-hydroxylation sites is 1. The second-order valence-corrected chi connectivity index (χ2v) is 6.55. The number of nitrogens with two attached hydrogens (primary N) is 1. The molecule has 0 spiro atoms. The monoisotopic (exact) mass is 358 g/mol. The summed E-state index contributed by atoms with van der Waals surface area (Å²) in [6.45, 7) is 0. The summed E-state index contributed by atoms with van der Waals surface area (Å²) in [4.78, 5) is 12.2. The first kappa shape index (κ1) is 16.5. The first-order chi connectivity index (χ1) is 11.6.